The number of hydrogen-bond donors (Lipinski definition) is 0. The lowest BCUT2D eigenvalue weighted by molar-refractivity contribution is 0.763. The molecule has 0 aliphatic rings. The number of halogens is 1. The van der Waals surface area contributed by atoms with E-state index < -0.39 is 0 Å². The summed E-state index contributed by atoms with van der Waals surface area (Å²) in [5.41, 5.74) is 1.02. The zero-order valence-corrected chi connectivity index (χ0v) is 8.65. The number of benzene rings is 1. The lowest BCUT2D eigenvalue weighted by atomic mass is 10.2. The van der Waals surface area contributed by atoms with Gasteiger partial charge in [-0.3, -0.25) is 9.48 Å². The normalized spacial score (nSPS) is 10.8. The number of aromatic nitrogens is 2. The molecule has 0 atom stereocenters. The van der Waals surface area contributed by atoms with Gasteiger partial charge in [0.05, 0.1) is 33.8 Å². The van der Waals surface area contributed by atoms with E-state index >= 15 is 0 Å². The Kier molecular flexibility index (Phi) is 1.71. The standard InChI is InChI=1S/C8H7IN2O/c1-10-7-5-3-2-4-6(7)8(12)11(10)9/h2-5H,1H3. The van der Waals surface area contributed by atoms with Crippen molar-refractivity contribution in [3.8, 4) is 0 Å². The van der Waals surface area contributed by atoms with Crippen LogP contribution in [0.1, 0.15) is 0 Å². The molecule has 1 heterocycles. The molecular formula is C8H7IN2O. The summed E-state index contributed by atoms with van der Waals surface area (Å²) in [5.74, 6) is 0. The number of fused-ring (bicyclic) bond motifs is 1. The van der Waals surface area contributed by atoms with Crippen molar-refractivity contribution in [1.29, 1.82) is 0 Å². The highest BCUT2D eigenvalue weighted by Gasteiger charge is 2.05. The van der Waals surface area contributed by atoms with Gasteiger partial charge in [0.25, 0.3) is 5.56 Å². The highest BCUT2D eigenvalue weighted by atomic mass is 127. The van der Waals surface area contributed by atoms with Crippen LogP contribution in [0.4, 0.5) is 0 Å². The summed E-state index contributed by atoms with van der Waals surface area (Å²) < 4.78 is 3.40. The Balaban J connectivity index is 3.09. The van der Waals surface area contributed by atoms with Crippen molar-refractivity contribution in [2.24, 2.45) is 7.05 Å². The largest absolute Gasteiger partial charge is 0.283 e. The van der Waals surface area contributed by atoms with Gasteiger partial charge in [0.15, 0.2) is 0 Å². The van der Waals surface area contributed by atoms with Crippen molar-refractivity contribution in [2.75, 3.05) is 0 Å². The van der Waals surface area contributed by atoms with Crippen LogP contribution < -0.4 is 5.56 Å². The maximum absolute atomic E-state index is 11.5. The fraction of sp³-hybridized carbons (Fsp3) is 0.125. The van der Waals surface area contributed by atoms with Gasteiger partial charge >= 0.3 is 0 Å². The fourth-order valence-electron chi connectivity index (χ4n) is 1.27. The van der Waals surface area contributed by atoms with Crippen LogP contribution in [0.3, 0.4) is 0 Å². The molecule has 1 aromatic carbocycles. The van der Waals surface area contributed by atoms with E-state index in [9.17, 15) is 4.79 Å². The van der Waals surface area contributed by atoms with Crippen molar-refractivity contribution in [2.45, 2.75) is 0 Å². The first-order valence-electron chi connectivity index (χ1n) is 3.54. The molecule has 0 saturated heterocycles. The number of nitrogens with zero attached hydrogens (tertiary/aromatic N) is 2. The first-order chi connectivity index (χ1) is 5.72. The van der Waals surface area contributed by atoms with Crippen LogP contribution in [-0.4, -0.2) is 7.58 Å². The van der Waals surface area contributed by atoms with E-state index in [0.29, 0.717) is 0 Å². The average molecular weight is 274 g/mol. The summed E-state index contributed by atoms with van der Waals surface area (Å²) in [6, 6.07) is 7.58. The Bertz CT molecular complexity index is 483. The minimum absolute atomic E-state index is 0.0497. The second-order valence-electron chi connectivity index (χ2n) is 2.61. The molecule has 3 nitrogen and oxygen atoms in total. The quantitative estimate of drug-likeness (QED) is 0.669. The molecular weight excluding hydrogens is 267 g/mol. The molecule has 0 radical (unpaired) electrons. The van der Waals surface area contributed by atoms with Crippen LogP contribution in [0, 0.1) is 0 Å². The Morgan fingerprint density at radius 1 is 1.33 bits per heavy atom. The molecule has 2 aromatic rings. The molecule has 0 unspecified atom stereocenters. The van der Waals surface area contributed by atoms with Crippen LogP contribution in [0.5, 0.6) is 0 Å². The summed E-state index contributed by atoms with van der Waals surface area (Å²) >= 11 is 1.99. The predicted molar refractivity (Wildman–Crippen MR) is 56.6 cm³/mol. The van der Waals surface area contributed by atoms with Crippen molar-refractivity contribution in [3.05, 3.63) is 34.6 Å². The van der Waals surface area contributed by atoms with Gasteiger partial charge < -0.3 is 0 Å². The molecule has 62 valence electrons. The SMILES string of the molecule is Cn1c2ccccc2c(=O)n1I. The van der Waals surface area contributed by atoms with Crippen LogP contribution in [0.2, 0.25) is 0 Å². The number of rotatable bonds is 0. The van der Waals surface area contributed by atoms with E-state index in [2.05, 4.69) is 0 Å². The van der Waals surface area contributed by atoms with Gasteiger partial charge in [-0.1, -0.05) is 12.1 Å². The molecule has 0 amide bonds. The maximum Gasteiger partial charge on any atom is 0.283 e. The van der Waals surface area contributed by atoms with E-state index in [1.165, 1.54) is 0 Å². The third kappa shape index (κ3) is 0.906. The van der Waals surface area contributed by atoms with Crippen LogP contribution in [0.15, 0.2) is 29.1 Å². The highest BCUT2D eigenvalue weighted by Crippen LogP contribution is 2.09. The number of hydrogen-bond acceptors (Lipinski definition) is 1. The van der Waals surface area contributed by atoms with Gasteiger partial charge in [-0.25, -0.2) is 0 Å². The average Bonchev–Trinajstić information content (AvgIpc) is 2.33. The molecule has 4 heteroatoms. The Morgan fingerprint density at radius 2 is 2.00 bits per heavy atom. The molecule has 0 saturated carbocycles. The Hall–Kier alpha value is -0.780. The summed E-state index contributed by atoms with van der Waals surface area (Å²) in [5, 5.41) is 0.773. The molecule has 0 fully saturated rings. The molecule has 0 aliphatic heterocycles. The predicted octanol–water partition coefficient (Wildman–Crippen LogP) is 1.54. The van der Waals surface area contributed by atoms with E-state index in [1.54, 1.807) is 2.90 Å². The third-order valence-corrected chi connectivity index (χ3v) is 3.00. The summed E-state index contributed by atoms with van der Waals surface area (Å²) in [4.78, 5) is 11.5. The van der Waals surface area contributed by atoms with Gasteiger partial charge in [-0.2, -0.15) is 2.90 Å². The van der Waals surface area contributed by atoms with Crippen LogP contribution in [-0.2, 0) is 7.05 Å². The number of para-hydroxylation sites is 1. The Morgan fingerprint density at radius 3 is 2.67 bits per heavy atom. The molecule has 1 aromatic heterocycles. The van der Waals surface area contributed by atoms with Crippen LogP contribution in [0.25, 0.3) is 10.9 Å². The fourth-order valence-corrected chi connectivity index (χ4v) is 1.76. The highest BCUT2D eigenvalue weighted by molar-refractivity contribution is 14.1. The van der Waals surface area contributed by atoms with Crippen molar-refractivity contribution in [3.63, 3.8) is 0 Å². The Labute approximate surface area is 83.1 Å². The smallest absolute Gasteiger partial charge is 0.276 e. The molecule has 0 aliphatic carbocycles. The van der Waals surface area contributed by atoms with E-state index in [1.807, 2.05) is 58.9 Å². The van der Waals surface area contributed by atoms with E-state index in [0.717, 1.165) is 10.9 Å². The zero-order valence-electron chi connectivity index (χ0n) is 6.49. The topological polar surface area (TPSA) is 26.9 Å². The lowest BCUT2D eigenvalue weighted by Gasteiger charge is -1.95. The molecule has 0 N–H and O–H groups in total. The lowest BCUT2D eigenvalue weighted by Crippen LogP contribution is -2.10. The molecule has 0 spiro atoms. The minimum Gasteiger partial charge on any atom is -0.276 e. The minimum atomic E-state index is 0.0497. The van der Waals surface area contributed by atoms with Crippen molar-refractivity contribution >= 4 is 33.8 Å². The van der Waals surface area contributed by atoms with E-state index in [-0.39, 0.29) is 5.56 Å². The second kappa shape index (κ2) is 2.62. The first-order valence-corrected chi connectivity index (χ1v) is 4.51. The van der Waals surface area contributed by atoms with Crippen molar-refractivity contribution in [1.82, 2.24) is 7.58 Å². The van der Waals surface area contributed by atoms with Gasteiger partial charge in [0, 0.05) is 7.05 Å². The summed E-state index contributed by atoms with van der Waals surface area (Å²) in [6.45, 7) is 0. The van der Waals surface area contributed by atoms with Gasteiger partial charge in [0.2, 0.25) is 0 Å². The molecule has 2 rings (SSSR count). The number of aryl methyl sites for hydroxylation is 1. The van der Waals surface area contributed by atoms with Crippen molar-refractivity contribution < 1.29 is 0 Å². The second-order valence-corrected chi connectivity index (χ2v) is 3.52. The monoisotopic (exact) mass is 274 g/mol. The third-order valence-electron chi connectivity index (χ3n) is 1.91. The summed E-state index contributed by atoms with van der Waals surface area (Å²) in [7, 11) is 1.87. The van der Waals surface area contributed by atoms with Gasteiger partial charge in [-0.05, 0) is 12.1 Å². The van der Waals surface area contributed by atoms with Gasteiger partial charge in [-0.15, -0.1) is 0 Å². The van der Waals surface area contributed by atoms with Gasteiger partial charge in [0.1, 0.15) is 0 Å². The molecule has 12 heavy (non-hydrogen) atoms. The maximum atomic E-state index is 11.5. The van der Waals surface area contributed by atoms with Crippen LogP contribution >= 0.6 is 22.9 Å². The summed E-state index contributed by atoms with van der Waals surface area (Å²) in [6.07, 6.45) is 0. The zero-order chi connectivity index (χ0) is 8.72. The first kappa shape index (κ1) is 7.85. The molecule has 0 bridgehead atoms. The van der Waals surface area contributed by atoms with E-state index in [4.69, 9.17) is 0 Å².